The lowest BCUT2D eigenvalue weighted by atomic mass is 10.1. The summed E-state index contributed by atoms with van der Waals surface area (Å²) in [6, 6.07) is 5.73. The van der Waals surface area contributed by atoms with Gasteiger partial charge in [-0.3, -0.25) is 0 Å². The summed E-state index contributed by atoms with van der Waals surface area (Å²) in [6.45, 7) is 4.06. The third kappa shape index (κ3) is 2.18. The maximum Gasteiger partial charge on any atom is 0.337 e. The van der Waals surface area contributed by atoms with Crippen LogP contribution < -0.4 is 5.32 Å². The van der Waals surface area contributed by atoms with Gasteiger partial charge in [0.05, 0.1) is 11.3 Å². The minimum absolute atomic E-state index is 0.360. The molecule has 0 saturated heterocycles. The summed E-state index contributed by atoms with van der Waals surface area (Å²) in [5.74, 6) is -0.157. The van der Waals surface area contributed by atoms with Gasteiger partial charge in [-0.05, 0) is 44.2 Å². The first-order valence-electron chi connectivity index (χ1n) is 5.69. The predicted molar refractivity (Wildman–Crippen MR) is 63.9 cm³/mol. The van der Waals surface area contributed by atoms with E-state index in [2.05, 4.69) is 12.2 Å². The van der Waals surface area contributed by atoms with Crippen molar-refractivity contribution in [3.05, 3.63) is 29.3 Å². The van der Waals surface area contributed by atoms with Gasteiger partial charge in [0.25, 0.3) is 0 Å². The third-order valence-corrected chi connectivity index (χ3v) is 3.20. The number of aromatic carboxylic acids is 1. The van der Waals surface area contributed by atoms with Crippen LogP contribution in [0.15, 0.2) is 18.2 Å². The van der Waals surface area contributed by atoms with Crippen LogP contribution in [0.3, 0.4) is 0 Å². The van der Waals surface area contributed by atoms with E-state index in [4.69, 9.17) is 5.11 Å². The van der Waals surface area contributed by atoms with Crippen molar-refractivity contribution in [3.63, 3.8) is 0 Å². The lowest BCUT2D eigenvalue weighted by Crippen LogP contribution is -2.20. The molecule has 0 heterocycles. The Morgan fingerprint density at radius 2 is 2.19 bits per heavy atom. The Kier molecular flexibility index (Phi) is 2.86. The highest BCUT2D eigenvalue weighted by Crippen LogP contribution is 2.35. The Morgan fingerprint density at radius 1 is 1.50 bits per heavy atom. The summed E-state index contributed by atoms with van der Waals surface area (Å²) in [5, 5.41) is 12.5. The lowest BCUT2D eigenvalue weighted by Gasteiger charge is -2.18. The maximum absolute atomic E-state index is 11.1. The van der Waals surface area contributed by atoms with Crippen LogP contribution in [0.2, 0.25) is 0 Å². The molecule has 16 heavy (non-hydrogen) atoms. The predicted octanol–water partition coefficient (Wildman–Crippen LogP) is 2.90. The molecule has 1 aromatic rings. The quantitative estimate of drug-likeness (QED) is 0.818. The molecular weight excluding hydrogens is 202 g/mol. The van der Waals surface area contributed by atoms with Gasteiger partial charge in [-0.1, -0.05) is 12.1 Å². The number of aryl methyl sites for hydroxylation is 1. The van der Waals surface area contributed by atoms with Crippen molar-refractivity contribution in [3.8, 4) is 0 Å². The molecule has 1 unspecified atom stereocenters. The summed E-state index contributed by atoms with van der Waals surface area (Å²) in [5.41, 5.74) is 2.13. The first-order valence-corrected chi connectivity index (χ1v) is 5.69. The third-order valence-electron chi connectivity index (χ3n) is 3.20. The van der Waals surface area contributed by atoms with Crippen LogP contribution in [0.5, 0.6) is 0 Å². The molecule has 1 fully saturated rings. The Balaban J connectivity index is 2.26. The largest absolute Gasteiger partial charge is 0.478 e. The van der Waals surface area contributed by atoms with Crippen molar-refractivity contribution in [1.29, 1.82) is 0 Å². The molecular formula is C13H17NO2. The summed E-state index contributed by atoms with van der Waals surface area (Å²) in [6.07, 6.45) is 2.50. The fourth-order valence-corrected chi connectivity index (χ4v) is 1.98. The summed E-state index contributed by atoms with van der Waals surface area (Å²) >= 11 is 0. The zero-order valence-corrected chi connectivity index (χ0v) is 9.66. The standard InChI is InChI=1S/C13H17NO2/c1-8-4-3-5-11(13(15)16)12(8)14-9(2)10-6-7-10/h3-5,9-10,14H,6-7H2,1-2H3,(H,15,16). The molecule has 2 rings (SSSR count). The van der Waals surface area contributed by atoms with Crippen LogP contribution in [0, 0.1) is 12.8 Å². The van der Waals surface area contributed by atoms with E-state index in [1.807, 2.05) is 13.0 Å². The topological polar surface area (TPSA) is 49.3 Å². The number of para-hydroxylation sites is 1. The first-order chi connectivity index (χ1) is 7.59. The fourth-order valence-electron chi connectivity index (χ4n) is 1.98. The zero-order chi connectivity index (χ0) is 11.7. The molecule has 0 radical (unpaired) electrons. The number of carbonyl (C=O) groups is 1. The van der Waals surface area contributed by atoms with Gasteiger partial charge in [0.15, 0.2) is 0 Å². The van der Waals surface area contributed by atoms with Crippen molar-refractivity contribution < 1.29 is 9.90 Å². The second kappa shape index (κ2) is 4.16. The van der Waals surface area contributed by atoms with Crippen molar-refractivity contribution in [2.45, 2.75) is 32.7 Å². The molecule has 3 heteroatoms. The second-order valence-electron chi connectivity index (χ2n) is 4.57. The molecule has 0 aromatic heterocycles. The van der Waals surface area contributed by atoms with E-state index in [9.17, 15) is 4.79 Å². The SMILES string of the molecule is Cc1cccc(C(=O)O)c1NC(C)C1CC1. The Labute approximate surface area is 95.5 Å². The van der Waals surface area contributed by atoms with Gasteiger partial charge in [-0.15, -0.1) is 0 Å². The molecule has 86 valence electrons. The monoisotopic (exact) mass is 219 g/mol. The number of hydrogen-bond donors (Lipinski definition) is 2. The van der Waals surface area contributed by atoms with Crippen LogP contribution in [-0.2, 0) is 0 Å². The van der Waals surface area contributed by atoms with Gasteiger partial charge < -0.3 is 10.4 Å². The number of anilines is 1. The number of carboxylic acid groups (broad SMARTS) is 1. The van der Waals surface area contributed by atoms with Crippen LogP contribution in [0.25, 0.3) is 0 Å². The van der Waals surface area contributed by atoms with E-state index < -0.39 is 5.97 Å². The van der Waals surface area contributed by atoms with E-state index >= 15 is 0 Å². The second-order valence-corrected chi connectivity index (χ2v) is 4.57. The smallest absolute Gasteiger partial charge is 0.337 e. The molecule has 0 aliphatic heterocycles. The van der Waals surface area contributed by atoms with Crippen molar-refractivity contribution in [2.75, 3.05) is 5.32 Å². The molecule has 0 bridgehead atoms. The Bertz CT molecular complexity index is 410. The van der Waals surface area contributed by atoms with Gasteiger partial charge in [-0.2, -0.15) is 0 Å². The summed E-state index contributed by atoms with van der Waals surface area (Å²) in [4.78, 5) is 11.1. The maximum atomic E-state index is 11.1. The number of carboxylic acids is 1. The van der Waals surface area contributed by atoms with Crippen molar-refractivity contribution >= 4 is 11.7 Å². The summed E-state index contributed by atoms with van der Waals surface area (Å²) in [7, 11) is 0. The normalized spacial score (nSPS) is 16.9. The molecule has 3 nitrogen and oxygen atoms in total. The average molecular weight is 219 g/mol. The fraction of sp³-hybridized carbons (Fsp3) is 0.462. The van der Waals surface area contributed by atoms with E-state index in [1.165, 1.54) is 12.8 Å². The number of rotatable bonds is 4. The van der Waals surface area contributed by atoms with Gasteiger partial charge in [-0.25, -0.2) is 4.79 Å². The highest BCUT2D eigenvalue weighted by atomic mass is 16.4. The van der Waals surface area contributed by atoms with Gasteiger partial charge in [0.1, 0.15) is 0 Å². The highest BCUT2D eigenvalue weighted by Gasteiger charge is 2.28. The molecule has 0 spiro atoms. The molecule has 1 atom stereocenters. The molecule has 1 aliphatic carbocycles. The van der Waals surface area contributed by atoms with Crippen molar-refractivity contribution in [2.24, 2.45) is 5.92 Å². The molecule has 0 amide bonds. The zero-order valence-electron chi connectivity index (χ0n) is 9.66. The number of nitrogens with one attached hydrogen (secondary N) is 1. The van der Waals surface area contributed by atoms with E-state index in [-0.39, 0.29) is 0 Å². The van der Waals surface area contributed by atoms with Crippen LogP contribution in [0.1, 0.15) is 35.7 Å². The minimum Gasteiger partial charge on any atom is -0.478 e. The van der Waals surface area contributed by atoms with Crippen LogP contribution in [-0.4, -0.2) is 17.1 Å². The Morgan fingerprint density at radius 3 is 2.75 bits per heavy atom. The van der Waals surface area contributed by atoms with Gasteiger partial charge in [0.2, 0.25) is 0 Å². The number of hydrogen-bond acceptors (Lipinski definition) is 2. The summed E-state index contributed by atoms with van der Waals surface area (Å²) < 4.78 is 0. The van der Waals surface area contributed by atoms with E-state index in [1.54, 1.807) is 12.1 Å². The molecule has 1 aliphatic rings. The first kappa shape index (κ1) is 11.0. The number of benzene rings is 1. The average Bonchev–Trinajstić information content (AvgIpc) is 3.03. The van der Waals surface area contributed by atoms with E-state index in [0.29, 0.717) is 17.5 Å². The molecule has 2 N–H and O–H groups in total. The lowest BCUT2D eigenvalue weighted by molar-refractivity contribution is 0.0698. The highest BCUT2D eigenvalue weighted by molar-refractivity contribution is 5.95. The van der Waals surface area contributed by atoms with Gasteiger partial charge in [0, 0.05) is 6.04 Å². The molecule has 1 aromatic carbocycles. The van der Waals surface area contributed by atoms with Crippen LogP contribution >= 0.6 is 0 Å². The van der Waals surface area contributed by atoms with E-state index in [0.717, 1.165) is 11.3 Å². The van der Waals surface area contributed by atoms with Crippen LogP contribution in [0.4, 0.5) is 5.69 Å². The van der Waals surface area contributed by atoms with Gasteiger partial charge >= 0.3 is 5.97 Å². The minimum atomic E-state index is -0.866. The molecule has 1 saturated carbocycles. The Hall–Kier alpha value is -1.51. The van der Waals surface area contributed by atoms with Crippen molar-refractivity contribution in [1.82, 2.24) is 0 Å².